The molecular formula is C24H27N3O3. The van der Waals surface area contributed by atoms with Crippen LogP contribution < -0.4 is 4.90 Å². The molecule has 1 aliphatic rings. The van der Waals surface area contributed by atoms with Gasteiger partial charge in [0.25, 0.3) is 0 Å². The van der Waals surface area contributed by atoms with Gasteiger partial charge in [0.05, 0.1) is 23.7 Å². The number of amides is 1. The monoisotopic (exact) mass is 405 g/mol. The molecule has 0 spiro atoms. The van der Waals surface area contributed by atoms with E-state index < -0.39 is 17.9 Å². The number of hydrogen-bond acceptors (Lipinski definition) is 4. The molecule has 0 radical (unpaired) electrons. The van der Waals surface area contributed by atoms with Crippen molar-refractivity contribution in [1.29, 1.82) is 0 Å². The molecule has 1 amide bonds. The predicted octanol–water partition coefficient (Wildman–Crippen LogP) is 4.34. The molecule has 2 heterocycles. The number of esters is 1. The van der Waals surface area contributed by atoms with Gasteiger partial charge in [-0.2, -0.15) is 0 Å². The Morgan fingerprint density at radius 2 is 1.77 bits per heavy atom. The number of nitrogens with zero attached hydrogens (tertiary/aromatic N) is 3. The summed E-state index contributed by atoms with van der Waals surface area (Å²) in [6.45, 7) is 4.66. The Hall–Kier alpha value is -3.15. The van der Waals surface area contributed by atoms with Crippen LogP contribution in [0, 0.1) is 5.92 Å². The van der Waals surface area contributed by atoms with Crippen molar-refractivity contribution in [3.8, 4) is 0 Å². The van der Waals surface area contributed by atoms with Crippen LogP contribution in [0.5, 0.6) is 0 Å². The number of carbonyl (C=O) groups is 2. The zero-order valence-corrected chi connectivity index (χ0v) is 17.5. The Bertz CT molecular complexity index is 1040. The maximum Gasteiger partial charge on any atom is 0.321 e. The lowest BCUT2D eigenvalue weighted by Crippen LogP contribution is -2.50. The third-order valence-corrected chi connectivity index (χ3v) is 5.61. The highest BCUT2D eigenvalue weighted by Crippen LogP contribution is 2.41. The first kappa shape index (κ1) is 20.1. The lowest BCUT2D eigenvalue weighted by Gasteiger charge is -2.38. The third-order valence-electron chi connectivity index (χ3n) is 5.61. The maximum atomic E-state index is 13.6. The van der Waals surface area contributed by atoms with Crippen LogP contribution in [-0.2, 0) is 14.3 Å². The summed E-state index contributed by atoms with van der Waals surface area (Å²) in [6.07, 6.45) is 2.92. The van der Waals surface area contributed by atoms with Gasteiger partial charge in [-0.25, -0.2) is 4.98 Å². The van der Waals surface area contributed by atoms with Crippen LogP contribution in [0.1, 0.15) is 44.7 Å². The van der Waals surface area contributed by atoms with Gasteiger partial charge >= 0.3 is 5.97 Å². The summed E-state index contributed by atoms with van der Waals surface area (Å²) >= 11 is 0. The molecule has 0 aliphatic carbocycles. The fourth-order valence-corrected chi connectivity index (χ4v) is 4.23. The van der Waals surface area contributed by atoms with Crippen molar-refractivity contribution >= 4 is 28.9 Å². The van der Waals surface area contributed by atoms with Crippen molar-refractivity contribution in [2.75, 3.05) is 18.1 Å². The Morgan fingerprint density at radius 1 is 1.03 bits per heavy atom. The van der Waals surface area contributed by atoms with Gasteiger partial charge in [-0.1, -0.05) is 62.2 Å². The SMILES string of the molecule is CCCCCN1C(=O)[C@@H](C(=O)OCC)[C@H](c2ccccc2)n2c1nc1ccccc12. The predicted molar refractivity (Wildman–Crippen MR) is 116 cm³/mol. The van der Waals surface area contributed by atoms with Crippen molar-refractivity contribution in [2.24, 2.45) is 5.92 Å². The Labute approximate surface area is 176 Å². The number of carbonyl (C=O) groups excluding carboxylic acids is 2. The van der Waals surface area contributed by atoms with Crippen molar-refractivity contribution < 1.29 is 14.3 Å². The zero-order chi connectivity index (χ0) is 21.1. The number of ether oxygens (including phenoxy) is 1. The van der Waals surface area contributed by atoms with E-state index >= 15 is 0 Å². The number of para-hydroxylation sites is 2. The summed E-state index contributed by atoms with van der Waals surface area (Å²) in [6, 6.07) is 17.0. The minimum atomic E-state index is -0.945. The molecule has 0 bridgehead atoms. The second-order valence-corrected chi connectivity index (χ2v) is 7.55. The lowest BCUT2D eigenvalue weighted by molar-refractivity contribution is -0.153. The fraction of sp³-hybridized carbons (Fsp3) is 0.375. The van der Waals surface area contributed by atoms with Gasteiger partial charge in [-0.3, -0.25) is 14.5 Å². The van der Waals surface area contributed by atoms with E-state index in [0.717, 1.165) is 35.9 Å². The Morgan fingerprint density at radius 3 is 2.50 bits per heavy atom. The Balaban J connectivity index is 1.93. The van der Waals surface area contributed by atoms with Crippen molar-refractivity contribution in [3.05, 3.63) is 60.2 Å². The standard InChI is InChI=1S/C24H27N3O3/c1-3-5-11-16-26-22(28)20(23(29)30-4-2)21(17-12-7-6-8-13-17)27-19-15-10-9-14-18(19)25-24(26)27/h6-10,12-15,20-21H,3-5,11,16H2,1-2H3/t20-,21-/m0/s1. The maximum absolute atomic E-state index is 13.6. The van der Waals surface area contributed by atoms with Gasteiger partial charge in [0.2, 0.25) is 11.9 Å². The van der Waals surface area contributed by atoms with Gasteiger partial charge in [-0.05, 0) is 31.0 Å². The van der Waals surface area contributed by atoms with Crippen LogP contribution in [0.15, 0.2) is 54.6 Å². The summed E-state index contributed by atoms with van der Waals surface area (Å²) in [5.74, 6) is -1.06. The van der Waals surface area contributed by atoms with E-state index in [1.54, 1.807) is 11.8 Å². The molecule has 4 rings (SSSR count). The summed E-state index contributed by atoms with van der Waals surface area (Å²) < 4.78 is 7.40. The molecule has 6 nitrogen and oxygen atoms in total. The number of imidazole rings is 1. The first-order chi connectivity index (χ1) is 14.7. The van der Waals surface area contributed by atoms with Crippen LogP contribution in [0.25, 0.3) is 11.0 Å². The molecule has 2 atom stereocenters. The molecular weight excluding hydrogens is 378 g/mol. The number of rotatable bonds is 7. The average molecular weight is 405 g/mol. The highest BCUT2D eigenvalue weighted by Gasteiger charge is 2.47. The van der Waals surface area contributed by atoms with Gasteiger partial charge in [0.15, 0.2) is 5.92 Å². The van der Waals surface area contributed by atoms with E-state index in [4.69, 9.17) is 9.72 Å². The molecule has 0 unspecified atom stereocenters. The highest BCUT2D eigenvalue weighted by molar-refractivity contribution is 6.08. The molecule has 2 aromatic carbocycles. The van der Waals surface area contributed by atoms with Gasteiger partial charge < -0.3 is 9.30 Å². The van der Waals surface area contributed by atoms with Gasteiger partial charge in [-0.15, -0.1) is 0 Å². The highest BCUT2D eigenvalue weighted by atomic mass is 16.5. The van der Waals surface area contributed by atoms with Crippen molar-refractivity contribution in [1.82, 2.24) is 9.55 Å². The number of benzene rings is 2. The molecule has 0 saturated carbocycles. The molecule has 6 heteroatoms. The summed E-state index contributed by atoms with van der Waals surface area (Å²) in [5.41, 5.74) is 2.61. The summed E-state index contributed by atoms with van der Waals surface area (Å²) in [5, 5.41) is 0. The van der Waals surface area contributed by atoms with E-state index in [2.05, 4.69) is 6.92 Å². The van der Waals surface area contributed by atoms with E-state index in [0.29, 0.717) is 12.5 Å². The van der Waals surface area contributed by atoms with Gasteiger partial charge in [0.1, 0.15) is 0 Å². The van der Waals surface area contributed by atoms with E-state index in [-0.39, 0.29) is 12.5 Å². The number of aromatic nitrogens is 2. The molecule has 0 fully saturated rings. The minimum Gasteiger partial charge on any atom is -0.465 e. The quantitative estimate of drug-likeness (QED) is 0.333. The molecule has 1 aromatic heterocycles. The zero-order valence-electron chi connectivity index (χ0n) is 17.5. The molecule has 0 N–H and O–H groups in total. The van der Waals surface area contributed by atoms with Crippen molar-refractivity contribution in [3.63, 3.8) is 0 Å². The van der Waals surface area contributed by atoms with Crippen LogP contribution in [0.3, 0.4) is 0 Å². The number of hydrogen-bond donors (Lipinski definition) is 0. The van der Waals surface area contributed by atoms with E-state index in [9.17, 15) is 9.59 Å². The number of fused-ring (bicyclic) bond motifs is 3. The third kappa shape index (κ3) is 3.47. The van der Waals surface area contributed by atoms with Crippen LogP contribution in [0.2, 0.25) is 0 Å². The molecule has 30 heavy (non-hydrogen) atoms. The molecule has 0 saturated heterocycles. The first-order valence-corrected chi connectivity index (χ1v) is 10.7. The summed E-state index contributed by atoms with van der Waals surface area (Å²) in [7, 11) is 0. The molecule has 1 aliphatic heterocycles. The van der Waals surface area contributed by atoms with Crippen LogP contribution in [-0.4, -0.2) is 34.6 Å². The topological polar surface area (TPSA) is 64.4 Å². The number of anilines is 1. The number of unbranched alkanes of at least 4 members (excludes halogenated alkanes) is 2. The summed E-state index contributed by atoms with van der Waals surface area (Å²) in [4.78, 5) is 33.1. The normalized spacial score (nSPS) is 18.5. The van der Waals surface area contributed by atoms with E-state index in [1.807, 2.05) is 59.2 Å². The molecule has 156 valence electrons. The average Bonchev–Trinajstić information content (AvgIpc) is 3.14. The van der Waals surface area contributed by atoms with Crippen LogP contribution >= 0.6 is 0 Å². The smallest absolute Gasteiger partial charge is 0.321 e. The molecule has 3 aromatic rings. The van der Waals surface area contributed by atoms with Gasteiger partial charge in [0, 0.05) is 6.54 Å². The van der Waals surface area contributed by atoms with Crippen molar-refractivity contribution in [2.45, 2.75) is 39.2 Å². The first-order valence-electron chi connectivity index (χ1n) is 10.7. The van der Waals surface area contributed by atoms with Crippen LogP contribution in [0.4, 0.5) is 5.95 Å². The van der Waals surface area contributed by atoms with E-state index in [1.165, 1.54) is 0 Å². The fourth-order valence-electron chi connectivity index (χ4n) is 4.23. The lowest BCUT2D eigenvalue weighted by atomic mass is 9.89. The minimum absolute atomic E-state index is 0.234. The second-order valence-electron chi connectivity index (χ2n) is 7.55. The Kier molecular flexibility index (Phi) is 5.84. The second kappa shape index (κ2) is 8.69. The largest absolute Gasteiger partial charge is 0.465 e.